The van der Waals surface area contributed by atoms with E-state index in [0.29, 0.717) is 28.1 Å². The maximum atomic E-state index is 13.1. The Labute approximate surface area is 521 Å². The molecule has 0 aliphatic rings. The van der Waals surface area contributed by atoms with Gasteiger partial charge in [0.25, 0.3) is 56.1 Å². The SMILES string of the molecule is COc1cc(N=Nc2cc(S(=O)(=O)O)c3cccc(S(=O)(=O)O)c3c2)c(C)cc1Cc1nc(Cl)nc(Cc2cccc(S(=O)(=O)O)c2)n1.Cc1[nH]n(-c2ccc(S(=O)(=O)CCOS(=O)(=O)O)cc2)c(=O)c1N=Nc1ccc2c(S(=O)(=O)O)cccc2c1S(=O)(=O)O. The zero-order valence-corrected chi connectivity index (χ0v) is 52.8. The average Bonchev–Trinajstić information content (AvgIpc) is 1.15. The number of H-pyrrole nitrogens is 1. The number of fused-ring (bicyclic) bond motifs is 2. The van der Waals surface area contributed by atoms with Crippen molar-refractivity contribution in [2.45, 2.75) is 56.1 Å². The molecule has 9 rings (SSSR count). The molecule has 2 heterocycles. The highest BCUT2D eigenvalue weighted by molar-refractivity contribution is 7.91. The summed E-state index contributed by atoms with van der Waals surface area (Å²) in [6.07, 6.45) is 0.219. The molecule has 9 aromatic rings. The fourth-order valence-corrected chi connectivity index (χ4v) is 14.0. The molecule has 32 nitrogen and oxygen atoms in total. The number of aryl methyl sites for hydroxylation is 2. The number of aromatic nitrogens is 5. The van der Waals surface area contributed by atoms with E-state index in [0.717, 1.165) is 53.2 Å². The van der Waals surface area contributed by atoms with Crippen molar-refractivity contribution in [3.8, 4) is 11.4 Å². The number of ether oxygens (including phenoxy) is 1. The number of aromatic amines is 1. The molecule has 91 heavy (non-hydrogen) atoms. The lowest BCUT2D eigenvalue weighted by Crippen LogP contribution is -2.16. The summed E-state index contributed by atoms with van der Waals surface area (Å²) in [6, 6.07) is 25.0. The van der Waals surface area contributed by atoms with Gasteiger partial charge in [-0.15, -0.1) is 10.2 Å². The molecule has 7 N–H and O–H groups in total. The third-order valence-electron chi connectivity index (χ3n) is 12.8. The first-order valence-corrected chi connectivity index (χ1v) is 35.6. The lowest BCUT2D eigenvalue weighted by molar-refractivity contribution is 0.283. The van der Waals surface area contributed by atoms with Gasteiger partial charge >= 0.3 is 10.4 Å². The van der Waals surface area contributed by atoms with E-state index < -0.39 is 114 Å². The number of rotatable bonds is 20. The molecule has 0 unspecified atom stereocenters. The zero-order valence-electron chi connectivity index (χ0n) is 46.3. The maximum Gasteiger partial charge on any atom is 0.397 e. The van der Waals surface area contributed by atoms with Crippen molar-refractivity contribution in [1.29, 1.82) is 0 Å². The predicted octanol–water partition coefficient (Wildman–Crippen LogP) is 7.46. The Hall–Kier alpha value is -8.26. The van der Waals surface area contributed by atoms with Crippen LogP contribution < -0.4 is 10.3 Å². The molecule has 0 aliphatic heterocycles. The molecule has 40 heteroatoms. The van der Waals surface area contributed by atoms with Crippen LogP contribution in [0.15, 0.2) is 176 Å². The van der Waals surface area contributed by atoms with Crippen molar-refractivity contribution < 1.29 is 95.2 Å². The minimum atomic E-state index is -5.03. The molecule has 0 saturated heterocycles. The monoisotopic (exact) mass is 1410 g/mol. The predicted molar refractivity (Wildman–Crippen MR) is 321 cm³/mol. The van der Waals surface area contributed by atoms with Crippen molar-refractivity contribution in [3.05, 3.63) is 171 Å². The summed E-state index contributed by atoms with van der Waals surface area (Å²) in [5, 5.41) is 17.6. The Morgan fingerprint density at radius 3 is 1.73 bits per heavy atom. The first-order chi connectivity index (χ1) is 42.2. The second-order valence-electron chi connectivity index (χ2n) is 19.0. The van der Waals surface area contributed by atoms with Gasteiger partial charge in [0.2, 0.25) is 5.28 Å². The van der Waals surface area contributed by atoms with Gasteiger partial charge in [-0.3, -0.25) is 37.2 Å². The molecular formula is C51H44ClN9O23S7. The van der Waals surface area contributed by atoms with Gasteiger partial charge in [0.1, 0.15) is 42.7 Å². The molecule has 7 aromatic carbocycles. The van der Waals surface area contributed by atoms with Crippen LogP contribution >= 0.6 is 11.6 Å². The van der Waals surface area contributed by atoms with E-state index >= 15 is 0 Å². The normalized spacial score (nSPS) is 12.9. The van der Waals surface area contributed by atoms with E-state index in [1.165, 1.54) is 68.6 Å². The molecule has 0 radical (unpaired) electrons. The van der Waals surface area contributed by atoms with E-state index in [2.05, 4.69) is 44.7 Å². The minimum Gasteiger partial charge on any atom is -0.496 e. The summed E-state index contributed by atoms with van der Waals surface area (Å²) in [6.45, 7) is 2.32. The number of hydrogen-bond acceptors (Lipinski definition) is 24. The first-order valence-electron chi connectivity index (χ1n) is 25.0. The Balaban J connectivity index is 0.000000236. The van der Waals surface area contributed by atoms with Gasteiger partial charge in [0.05, 0.1) is 52.0 Å². The molecule has 480 valence electrons. The summed E-state index contributed by atoms with van der Waals surface area (Å²) >= 11 is 6.17. The van der Waals surface area contributed by atoms with Crippen LogP contribution in [0.5, 0.6) is 5.75 Å². The van der Waals surface area contributed by atoms with Crippen LogP contribution in [0.3, 0.4) is 0 Å². The molecule has 0 saturated carbocycles. The quantitative estimate of drug-likeness (QED) is 0.0287. The van der Waals surface area contributed by atoms with Crippen LogP contribution in [0.2, 0.25) is 5.28 Å². The van der Waals surface area contributed by atoms with Gasteiger partial charge in [-0.2, -0.15) is 60.7 Å². The highest BCUT2D eigenvalue weighted by atomic mass is 35.5. The van der Waals surface area contributed by atoms with E-state index in [-0.39, 0.29) is 83.9 Å². The summed E-state index contributed by atoms with van der Waals surface area (Å²) < 4.78 is 233. The standard InChI is InChI=1S/C29H24ClN5O10S3.C22H20N4O13S4/c1-16-9-18(12-28-31-27(32-29(30)33-28)11-17-5-3-6-20(10-17)46(36,37)38)24(45-2)15-23(16)35-34-19-13-22-21(26(14-19)48(42,43)44)7-4-8-25(22)47(39,40)41;1-13-20(22(27)26(25-13)14-5-7-15(8-6-14)40(28,29)12-11-39-43(36,37)38)24-23-18-10-9-16-17(21(18)42(33,34)35)3-2-4-19(16)41(30,31)32/h3-10,13-15H,11-12H2,1-2H3,(H,36,37,38)(H,39,40,41)(H,42,43,44);2-10,25H,11-12H2,1H3,(H,30,31,32)(H,33,34,35)(H,36,37,38). The smallest absolute Gasteiger partial charge is 0.397 e. The highest BCUT2D eigenvalue weighted by Crippen LogP contribution is 2.38. The number of hydrogen-bond donors (Lipinski definition) is 7. The molecule has 0 atom stereocenters. The van der Waals surface area contributed by atoms with Crippen LogP contribution in [0, 0.1) is 13.8 Å². The van der Waals surface area contributed by atoms with Crippen molar-refractivity contribution >= 4 is 127 Å². The van der Waals surface area contributed by atoms with Crippen LogP contribution in [0.1, 0.15) is 34.0 Å². The van der Waals surface area contributed by atoms with E-state index in [9.17, 15) is 86.5 Å². The molecule has 0 fully saturated rings. The topological polar surface area (TPSA) is 505 Å². The Morgan fingerprint density at radius 2 is 1.13 bits per heavy atom. The van der Waals surface area contributed by atoms with E-state index in [1.54, 1.807) is 25.1 Å². The second-order valence-corrected chi connectivity index (χ2v) is 29.5. The maximum absolute atomic E-state index is 13.1. The second kappa shape index (κ2) is 26.2. The molecule has 0 aliphatic carbocycles. The van der Waals surface area contributed by atoms with Crippen molar-refractivity contribution in [2.75, 3.05) is 19.5 Å². The van der Waals surface area contributed by atoms with Gasteiger partial charge in [-0.05, 0) is 109 Å². The minimum absolute atomic E-state index is 0.0912. The number of nitrogens with zero attached hydrogens (tertiary/aromatic N) is 8. The van der Waals surface area contributed by atoms with Crippen molar-refractivity contribution in [1.82, 2.24) is 24.7 Å². The molecule has 0 spiro atoms. The van der Waals surface area contributed by atoms with Crippen molar-refractivity contribution in [3.63, 3.8) is 0 Å². The number of methoxy groups -OCH3 is 1. The van der Waals surface area contributed by atoms with Crippen molar-refractivity contribution in [2.24, 2.45) is 20.5 Å². The number of nitrogens with one attached hydrogen (secondary N) is 1. The van der Waals surface area contributed by atoms with Crippen LogP contribution in [-0.4, -0.2) is 130 Å². The fourth-order valence-electron chi connectivity index (χ4n) is 8.83. The Bertz CT molecular complexity index is 5400. The molecular weight excluding hydrogens is 1370 g/mol. The fraction of sp³-hybridized carbons (Fsp3) is 0.137. The first kappa shape index (κ1) is 68.6. The number of sulfone groups is 1. The van der Waals surface area contributed by atoms with E-state index in [1.807, 2.05) is 0 Å². The lowest BCUT2D eigenvalue weighted by Gasteiger charge is -2.12. The highest BCUT2D eigenvalue weighted by Gasteiger charge is 2.26. The third kappa shape index (κ3) is 16.6. The largest absolute Gasteiger partial charge is 0.496 e. The Kier molecular flexibility index (Phi) is 19.7. The zero-order chi connectivity index (χ0) is 67.0. The van der Waals surface area contributed by atoms with Gasteiger partial charge < -0.3 is 4.74 Å². The number of azo groups is 2. The van der Waals surface area contributed by atoms with Crippen LogP contribution in [0.4, 0.5) is 22.7 Å². The summed E-state index contributed by atoms with van der Waals surface area (Å²) in [4.78, 5) is 22.7. The molecule has 0 bridgehead atoms. The van der Waals surface area contributed by atoms with Gasteiger partial charge in [-0.25, -0.2) is 32.2 Å². The third-order valence-corrected chi connectivity index (χ3v) is 19.6. The summed E-state index contributed by atoms with van der Waals surface area (Å²) in [7, 11) is -31.2. The number of halogens is 1. The summed E-state index contributed by atoms with van der Waals surface area (Å²) in [5.41, 5.74) is 0.615. The van der Waals surface area contributed by atoms with Crippen LogP contribution in [-0.2, 0) is 87.9 Å². The number of benzene rings is 7. The lowest BCUT2D eigenvalue weighted by atomic mass is 10.1. The Morgan fingerprint density at radius 1 is 0.549 bits per heavy atom. The van der Waals surface area contributed by atoms with E-state index in [4.69, 9.17) is 20.9 Å². The summed E-state index contributed by atoms with van der Waals surface area (Å²) in [5.74, 6) is 0.0941. The molecule has 2 aromatic heterocycles. The van der Waals surface area contributed by atoms with Crippen LogP contribution in [0.25, 0.3) is 27.2 Å². The average molecular weight is 1410 g/mol. The van der Waals surface area contributed by atoms with Gasteiger partial charge in [0.15, 0.2) is 15.5 Å². The van der Waals surface area contributed by atoms with Gasteiger partial charge in [-0.1, -0.05) is 42.5 Å². The molecule has 0 amide bonds. The van der Waals surface area contributed by atoms with Gasteiger partial charge in [0, 0.05) is 46.0 Å².